The van der Waals surface area contributed by atoms with Gasteiger partial charge in [-0.25, -0.2) is 0 Å². The molecule has 1 saturated heterocycles. The van der Waals surface area contributed by atoms with E-state index in [0.717, 1.165) is 60.5 Å². The average molecular weight is 503 g/mol. The largest absolute Gasteiger partial charge is 0.346 e. The van der Waals surface area contributed by atoms with Crippen molar-refractivity contribution in [3.63, 3.8) is 0 Å². The standard InChI is InChI=1S/C25H29Cl2N5S/c1-17-5-4-6-20(13-17)15-30-9-11-31(12-10-30)25(33)28-24-18(2)29-32(19(24)3)16-21-7-8-22(26)23(27)14-21/h4-8,13-14H,9-12,15-16H2,1-3H3,(H,28,33). The lowest BCUT2D eigenvalue weighted by atomic mass is 10.1. The van der Waals surface area contributed by atoms with Gasteiger partial charge in [-0.3, -0.25) is 9.58 Å². The second-order valence-electron chi connectivity index (χ2n) is 8.63. The van der Waals surface area contributed by atoms with Crippen LogP contribution in [-0.4, -0.2) is 50.9 Å². The van der Waals surface area contributed by atoms with Gasteiger partial charge in [0.05, 0.1) is 33.7 Å². The van der Waals surface area contributed by atoms with Crippen molar-refractivity contribution in [1.29, 1.82) is 0 Å². The van der Waals surface area contributed by atoms with Crippen LogP contribution in [0.3, 0.4) is 0 Å². The van der Waals surface area contributed by atoms with Crippen LogP contribution < -0.4 is 5.32 Å². The van der Waals surface area contributed by atoms with Crippen LogP contribution in [0.25, 0.3) is 0 Å². The number of hydrogen-bond acceptors (Lipinski definition) is 3. The molecule has 0 spiro atoms. The molecule has 0 saturated carbocycles. The SMILES string of the molecule is Cc1cccc(CN2CCN(C(=S)Nc3c(C)nn(Cc4ccc(Cl)c(Cl)c4)c3C)CC2)c1. The summed E-state index contributed by atoms with van der Waals surface area (Å²) in [6.07, 6.45) is 0. The van der Waals surface area contributed by atoms with Crippen molar-refractivity contribution in [1.82, 2.24) is 19.6 Å². The third-order valence-electron chi connectivity index (χ3n) is 6.08. The highest BCUT2D eigenvalue weighted by atomic mass is 35.5. The number of anilines is 1. The van der Waals surface area contributed by atoms with Crippen LogP contribution >= 0.6 is 35.4 Å². The molecule has 1 aromatic heterocycles. The minimum absolute atomic E-state index is 0.553. The smallest absolute Gasteiger partial charge is 0.173 e. The quantitative estimate of drug-likeness (QED) is 0.455. The van der Waals surface area contributed by atoms with Crippen molar-refractivity contribution in [2.75, 3.05) is 31.5 Å². The maximum absolute atomic E-state index is 6.17. The first-order valence-electron chi connectivity index (χ1n) is 11.1. The fourth-order valence-electron chi connectivity index (χ4n) is 4.21. The van der Waals surface area contributed by atoms with Crippen molar-refractivity contribution < 1.29 is 0 Å². The minimum Gasteiger partial charge on any atom is -0.346 e. The zero-order valence-electron chi connectivity index (χ0n) is 19.2. The van der Waals surface area contributed by atoms with Gasteiger partial charge in [0.15, 0.2) is 5.11 Å². The van der Waals surface area contributed by atoms with E-state index in [-0.39, 0.29) is 0 Å². The van der Waals surface area contributed by atoms with E-state index in [2.05, 4.69) is 53.2 Å². The Hall–Kier alpha value is -2.12. The molecule has 5 nitrogen and oxygen atoms in total. The summed E-state index contributed by atoms with van der Waals surface area (Å²) in [5.74, 6) is 0. The summed E-state index contributed by atoms with van der Waals surface area (Å²) in [7, 11) is 0. The number of aryl methyl sites for hydroxylation is 2. The molecule has 0 amide bonds. The third-order valence-corrected chi connectivity index (χ3v) is 7.18. The molecule has 0 aliphatic carbocycles. The maximum atomic E-state index is 6.17. The van der Waals surface area contributed by atoms with E-state index in [1.165, 1.54) is 11.1 Å². The normalized spacial score (nSPS) is 14.5. The molecule has 1 fully saturated rings. The molecule has 4 rings (SSSR count). The van der Waals surface area contributed by atoms with E-state index in [0.29, 0.717) is 16.6 Å². The van der Waals surface area contributed by atoms with E-state index in [1.54, 1.807) is 0 Å². The van der Waals surface area contributed by atoms with Crippen molar-refractivity contribution in [3.8, 4) is 0 Å². The van der Waals surface area contributed by atoms with Crippen LogP contribution in [-0.2, 0) is 13.1 Å². The van der Waals surface area contributed by atoms with Gasteiger partial charge >= 0.3 is 0 Å². The number of aromatic nitrogens is 2. The van der Waals surface area contributed by atoms with E-state index in [1.807, 2.05) is 29.8 Å². The first-order chi connectivity index (χ1) is 15.8. The predicted octanol–water partition coefficient (Wildman–Crippen LogP) is 5.68. The summed E-state index contributed by atoms with van der Waals surface area (Å²) in [4.78, 5) is 4.73. The summed E-state index contributed by atoms with van der Waals surface area (Å²) < 4.78 is 1.97. The van der Waals surface area contributed by atoms with Gasteiger partial charge in [0.2, 0.25) is 0 Å². The number of rotatable bonds is 5. The fraction of sp³-hybridized carbons (Fsp3) is 0.360. The Morgan fingerprint density at radius 2 is 1.67 bits per heavy atom. The Balaban J connectivity index is 1.35. The molecular weight excluding hydrogens is 473 g/mol. The van der Waals surface area contributed by atoms with Gasteiger partial charge in [-0.2, -0.15) is 5.10 Å². The first-order valence-corrected chi connectivity index (χ1v) is 12.3. The van der Waals surface area contributed by atoms with Crippen molar-refractivity contribution in [2.24, 2.45) is 0 Å². The molecule has 2 heterocycles. The first kappa shape index (κ1) is 24.0. The predicted molar refractivity (Wildman–Crippen MR) is 142 cm³/mol. The van der Waals surface area contributed by atoms with Gasteiger partial charge in [-0.05, 0) is 56.2 Å². The zero-order chi connectivity index (χ0) is 23.5. The number of benzene rings is 2. The van der Waals surface area contributed by atoms with Crippen molar-refractivity contribution in [2.45, 2.75) is 33.9 Å². The number of nitrogens with one attached hydrogen (secondary N) is 1. The number of hydrogen-bond donors (Lipinski definition) is 1. The lowest BCUT2D eigenvalue weighted by Gasteiger charge is -2.36. The van der Waals surface area contributed by atoms with Crippen molar-refractivity contribution >= 4 is 46.2 Å². The fourth-order valence-corrected chi connectivity index (χ4v) is 4.81. The maximum Gasteiger partial charge on any atom is 0.173 e. The molecular formula is C25H29Cl2N5S. The van der Waals surface area contributed by atoms with Gasteiger partial charge in [-0.1, -0.05) is 59.1 Å². The monoisotopic (exact) mass is 501 g/mol. The lowest BCUT2D eigenvalue weighted by Crippen LogP contribution is -2.49. The molecule has 8 heteroatoms. The summed E-state index contributed by atoms with van der Waals surface area (Å²) in [6, 6.07) is 14.4. The molecule has 0 unspecified atom stereocenters. The summed E-state index contributed by atoms with van der Waals surface area (Å²) in [5.41, 5.74) is 6.66. The van der Waals surface area contributed by atoms with Gasteiger partial charge in [0.1, 0.15) is 0 Å². The number of nitrogens with zero attached hydrogens (tertiary/aromatic N) is 4. The Kier molecular flexibility index (Phi) is 7.59. The van der Waals surface area contributed by atoms with Crippen LogP contribution in [0.2, 0.25) is 10.0 Å². The topological polar surface area (TPSA) is 36.3 Å². The molecule has 1 aliphatic rings. The number of halogens is 2. The zero-order valence-corrected chi connectivity index (χ0v) is 21.6. The molecule has 3 aromatic rings. The van der Waals surface area contributed by atoms with Gasteiger partial charge in [0.25, 0.3) is 0 Å². The van der Waals surface area contributed by atoms with E-state index >= 15 is 0 Å². The van der Waals surface area contributed by atoms with E-state index < -0.39 is 0 Å². The second kappa shape index (κ2) is 10.4. The minimum atomic E-state index is 0.553. The van der Waals surface area contributed by atoms with Crippen LogP contribution in [0.1, 0.15) is 28.1 Å². The van der Waals surface area contributed by atoms with Crippen LogP contribution in [0.5, 0.6) is 0 Å². The Morgan fingerprint density at radius 3 is 2.36 bits per heavy atom. The second-order valence-corrected chi connectivity index (χ2v) is 9.84. The van der Waals surface area contributed by atoms with E-state index in [4.69, 9.17) is 40.5 Å². The molecule has 0 radical (unpaired) electrons. The molecule has 0 atom stereocenters. The average Bonchev–Trinajstić information content (AvgIpc) is 3.04. The molecule has 33 heavy (non-hydrogen) atoms. The van der Waals surface area contributed by atoms with Crippen LogP contribution in [0, 0.1) is 20.8 Å². The summed E-state index contributed by atoms with van der Waals surface area (Å²) >= 11 is 18.0. The highest BCUT2D eigenvalue weighted by Crippen LogP contribution is 2.25. The van der Waals surface area contributed by atoms with Crippen LogP contribution in [0.4, 0.5) is 5.69 Å². The summed E-state index contributed by atoms with van der Waals surface area (Å²) in [5, 5.41) is 10.0. The molecule has 0 bridgehead atoms. The molecule has 174 valence electrons. The molecule has 1 N–H and O–H groups in total. The van der Waals surface area contributed by atoms with Crippen molar-refractivity contribution in [3.05, 3.63) is 80.6 Å². The Labute approximate surface area is 211 Å². The highest BCUT2D eigenvalue weighted by Gasteiger charge is 2.21. The highest BCUT2D eigenvalue weighted by molar-refractivity contribution is 7.80. The van der Waals surface area contributed by atoms with E-state index in [9.17, 15) is 0 Å². The summed E-state index contributed by atoms with van der Waals surface area (Å²) in [6.45, 7) is 11.6. The van der Waals surface area contributed by atoms with Gasteiger partial charge in [-0.15, -0.1) is 0 Å². The Morgan fingerprint density at radius 1 is 0.939 bits per heavy atom. The lowest BCUT2D eigenvalue weighted by molar-refractivity contribution is 0.177. The molecule has 1 aliphatic heterocycles. The Bertz CT molecular complexity index is 1150. The molecule has 2 aromatic carbocycles. The number of thiocarbonyl (C=S) groups is 1. The van der Waals surface area contributed by atoms with Gasteiger partial charge < -0.3 is 10.2 Å². The van der Waals surface area contributed by atoms with Gasteiger partial charge in [0, 0.05) is 32.7 Å². The number of piperazine rings is 1. The van der Waals surface area contributed by atoms with Crippen LogP contribution in [0.15, 0.2) is 42.5 Å². The third kappa shape index (κ3) is 5.87.